The van der Waals surface area contributed by atoms with Crippen LogP contribution < -0.4 is 0 Å². The summed E-state index contributed by atoms with van der Waals surface area (Å²) in [5.41, 5.74) is 0. The molecule has 4 N–H and O–H groups in total. The van der Waals surface area contributed by atoms with Crippen molar-refractivity contribution in [2.24, 2.45) is 0 Å². The summed E-state index contributed by atoms with van der Waals surface area (Å²) in [5.74, 6) is -1.66. The van der Waals surface area contributed by atoms with E-state index in [-0.39, 0.29) is 19.3 Å². The predicted octanol–water partition coefficient (Wildman–Crippen LogP) is 27.4. The van der Waals surface area contributed by atoms with Crippen molar-refractivity contribution in [2.75, 3.05) is 39.6 Å². The number of phosphoric ester groups is 2. The molecule has 18 heteroatoms. The molecule has 0 amide bonds. The molecule has 0 radical (unpaired) electrons. The van der Waals surface area contributed by atoms with Crippen LogP contribution in [-0.4, -0.2) is 95.9 Å². The first-order valence-corrected chi connectivity index (χ1v) is 47.7. The number of phosphoric acid groups is 2. The van der Waals surface area contributed by atoms with Gasteiger partial charge in [0.25, 0.3) is 0 Å². The standard InChI is InChI=1S/C97H160O16P2/c1-4-7-10-13-16-19-22-25-28-31-33-35-37-39-41-42-43-44-45-46-47-48-50-52-53-55-57-60-62-65-68-71-74-77-80-83-95(100)107-86-92(98)87-109-114(103,104)110-88-93(99)89-111-115(105,106)112-91-94(113-97(102)85-82-79-76-73-70-67-64-59-30-27-24-21-18-15-12-9-6-3)90-108-96(101)84-81-78-75-72-69-66-63-61-58-56-54-51-49-40-38-36-34-32-29-26-23-20-17-14-11-8-5-2/h7-12,16-21,25-30,33-36,39-41,49,54,56,64,67,73,76,92-94,98-99H,4-6,13-15,22-24,31-32,37-38,42-48,50-53,55,57-63,65-66,68-72,74-75,77-91H2,1-3H3,(H,103,104)(H,105,106)/b10-7-,11-8-,12-9-,19-16-,20-17-,21-18-,28-25-,29-26-,30-27-,35-33-,36-34-,41-39-,49-40-,56-54-,67-64-,76-73-. The minimum Gasteiger partial charge on any atom is -0.463 e. The van der Waals surface area contributed by atoms with Crippen LogP contribution in [0.4, 0.5) is 0 Å². The van der Waals surface area contributed by atoms with Crippen LogP contribution in [0.15, 0.2) is 194 Å². The summed E-state index contributed by atoms with van der Waals surface area (Å²) in [7, 11) is -9.83. The Kier molecular flexibility index (Phi) is 83.4. The van der Waals surface area contributed by atoms with E-state index in [1.807, 2.05) is 12.2 Å². The lowest BCUT2D eigenvalue weighted by Crippen LogP contribution is -2.30. The second kappa shape index (κ2) is 87.7. The fraction of sp³-hybridized carbons (Fsp3) is 0.639. The summed E-state index contributed by atoms with van der Waals surface area (Å²) in [5, 5.41) is 20.7. The molecule has 0 heterocycles. The Morgan fingerprint density at radius 1 is 0.243 bits per heavy atom. The largest absolute Gasteiger partial charge is 0.472 e. The highest BCUT2D eigenvalue weighted by Crippen LogP contribution is 2.45. The second-order valence-corrected chi connectivity index (χ2v) is 32.2. The third-order valence-electron chi connectivity index (χ3n) is 18.3. The fourth-order valence-electron chi connectivity index (χ4n) is 11.6. The van der Waals surface area contributed by atoms with Crippen LogP contribution in [0.1, 0.15) is 342 Å². The zero-order chi connectivity index (χ0) is 83.6. The van der Waals surface area contributed by atoms with Crippen LogP contribution >= 0.6 is 15.6 Å². The normalized spacial score (nSPS) is 14.7. The summed E-state index contributed by atoms with van der Waals surface area (Å²) in [4.78, 5) is 58.8. The number of carbonyl (C=O) groups is 3. The van der Waals surface area contributed by atoms with Gasteiger partial charge in [-0.1, -0.05) is 363 Å². The van der Waals surface area contributed by atoms with Crippen molar-refractivity contribution in [1.29, 1.82) is 0 Å². The Balaban J connectivity index is 4.52. The molecule has 0 bridgehead atoms. The Labute approximate surface area is 699 Å². The van der Waals surface area contributed by atoms with E-state index < -0.39 is 91.5 Å². The molecule has 5 atom stereocenters. The fourth-order valence-corrected chi connectivity index (χ4v) is 13.2. The van der Waals surface area contributed by atoms with Crippen molar-refractivity contribution in [3.63, 3.8) is 0 Å². The highest BCUT2D eigenvalue weighted by Gasteiger charge is 2.29. The zero-order valence-corrected chi connectivity index (χ0v) is 73.7. The number of rotatable bonds is 83. The SMILES string of the molecule is CC/C=C\C/C=C\C/C=C\C/C=C\C/C=C\C/C=C\CCCCCCCCCCC(=O)OCC(COP(=O)(O)OCC(O)COP(=O)(O)OCC(O)COC(=O)CCCCCCCCCCCCCCCCCCCCC/C=C\C/C=C\C/C=C\C/C=C\C/C=C\CC)OC(=O)CCC/C=C\C/C=C\C/C=C\C/C=C\C/C=C\CC. The number of unbranched alkanes of at least 4 members (excludes halogenated alkanes) is 28. The lowest BCUT2D eigenvalue weighted by Gasteiger charge is -2.21. The number of esters is 3. The molecule has 0 fully saturated rings. The molecule has 0 aliphatic carbocycles. The Hall–Kier alpha value is -5.61. The monoisotopic (exact) mass is 1640 g/mol. The van der Waals surface area contributed by atoms with Gasteiger partial charge < -0.3 is 34.2 Å². The van der Waals surface area contributed by atoms with Crippen molar-refractivity contribution in [3.05, 3.63) is 194 Å². The van der Waals surface area contributed by atoms with Crippen LogP contribution in [-0.2, 0) is 55.8 Å². The highest BCUT2D eigenvalue weighted by atomic mass is 31.2. The van der Waals surface area contributed by atoms with Crippen LogP contribution in [0.2, 0.25) is 0 Å². The molecule has 0 aliphatic heterocycles. The lowest BCUT2D eigenvalue weighted by atomic mass is 10.0. The summed E-state index contributed by atoms with van der Waals surface area (Å²) >= 11 is 0. The average molecular weight is 1640 g/mol. The first-order valence-electron chi connectivity index (χ1n) is 44.7. The first-order chi connectivity index (χ1) is 56.2. The van der Waals surface area contributed by atoms with Crippen molar-refractivity contribution < 1.29 is 75.8 Å². The van der Waals surface area contributed by atoms with Crippen LogP contribution in [0.5, 0.6) is 0 Å². The molecular formula is C97H160O16P2. The van der Waals surface area contributed by atoms with Gasteiger partial charge in [-0.3, -0.25) is 32.5 Å². The molecule has 654 valence electrons. The van der Waals surface area contributed by atoms with Crippen molar-refractivity contribution in [3.8, 4) is 0 Å². The average Bonchev–Trinajstić information content (AvgIpc) is 0.872. The Morgan fingerprint density at radius 2 is 0.443 bits per heavy atom. The molecule has 5 unspecified atom stereocenters. The quantitative estimate of drug-likeness (QED) is 0.0146. The molecule has 0 saturated carbocycles. The molecule has 0 aromatic carbocycles. The van der Waals surface area contributed by atoms with E-state index in [4.69, 9.17) is 32.3 Å². The number of carbonyl (C=O) groups excluding carboxylic acids is 3. The minimum absolute atomic E-state index is 0.0180. The van der Waals surface area contributed by atoms with Crippen LogP contribution in [0.3, 0.4) is 0 Å². The summed E-state index contributed by atoms with van der Waals surface area (Å²) in [6.07, 6.45) is 116. The highest BCUT2D eigenvalue weighted by molar-refractivity contribution is 7.47. The lowest BCUT2D eigenvalue weighted by molar-refractivity contribution is -0.161. The van der Waals surface area contributed by atoms with Crippen LogP contribution in [0.25, 0.3) is 0 Å². The van der Waals surface area contributed by atoms with E-state index >= 15 is 0 Å². The van der Waals surface area contributed by atoms with Gasteiger partial charge in [0.1, 0.15) is 25.4 Å². The van der Waals surface area contributed by atoms with E-state index in [0.717, 1.165) is 167 Å². The minimum atomic E-state index is -4.96. The smallest absolute Gasteiger partial charge is 0.463 e. The van der Waals surface area contributed by atoms with Gasteiger partial charge in [0, 0.05) is 19.3 Å². The van der Waals surface area contributed by atoms with Crippen molar-refractivity contribution >= 4 is 33.6 Å². The number of hydrogen-bond donors (Lipinski definition) is 4. The summed E-state index contributed by atoms with van der Waals surface area (Å²) in [6, 6.07) is 0. The predicted molar refractivity (Wildman–Crippen MR) is 481 cm³/mol. The molecule has 0 aromatic rings. The summed E-state index contributed by atoms with van der Waals surface area (Å²) < 4.78 is 61.3. The number of hydrogen-bond acceptors (Lipinski definition) is 14. The van der Waals surface area contributed by atoms with E-state index in [1.54, 1.807) is 0 Å². The molecule has 0 aromatic heterocycles. The van der Waals surface area contributed by atoms with Gasteiger partial charge in [-0.2, -0.15) is 0 Å². The van der Waals surface area contributed by atoms with Crippen molar-refractivity contribution in [1.82, 2.24) is 0 Å². The third kappa shape index (κ3) is 89.0. The van der Waals surface area contributed by atoms with E-state index in [9.17, 15) is 43.5 Å². The molecule has 115 heavy (non-hydrogen) atoms. The number of ether oxygens (including phenoxy) is 3. The Morgan fingerprint density at radius 3 is 0.713 bits per heavy atom. The molecule has 0 spiro atoms. The first kappa shape index (κ1) is 109. The number of allylic oxidation sites excluding steroid dienone is 32. The van der Waals surface area contributed by atoms with Gasteiger partial charge >= 0.3 is 33.6 Å². The van der Waals surface area contributed by atoms with Gasteiger partial charge in [0.05, 0.1) is 26.4 Å². The molecular weight excluding hydrogens is 1480 g/mol. The molecule has 0 aliphatic rings. The van der Waals surface area contributed by atoms with E-state index in [0.29, 0.717) is 25.7 Å². The van der Waals surface area contributed by atoms with Gasteiger partial charge in [-0.15, -0.1) is 0 Å². The third-order valence-corrected chi connectivity index (χ3v) is 20.2. The maximum Gasteiger partial charge on any atom is 0.472 e. The van der Waals surface area contributed by atoms with Gasteiger partial charge in [-0.25, -0.2) is 9.13 Å². The molecule has 0 saturated heterocycles. The maximum absolute atomic E-state index is 13.0. The summed E-state index contributed by atoms with van der Waals surface area (Å²) in [6.45, 7) is 2.27. The Bertz CT molecular complexity index is 2870. The van der Waals surface area contributed by atoms with E-state index in [2.05, 4.69) is 203 Å². The van der Waals surface area contributed by atoms with Gasteiger partial charge in [0.2, 0.25) is 0 Å². The van der Waals surface area contributed by atoms with Gasteiger partial charge in [-0.05, 0) is 154 Å². The second-order valence-electron chi connectivity index (χ2n) is 29.3. The van der Waals surface area contributed by atoms with E-state index in [1.165, 1.54) is 109 Å². The maximum atomic E-state index is 13.0. The number of aliphatic hydroxyl groups excluding tert-OH is 2. The topological polar surface area (TPSA) is 231 Å². The number of aliphatic hydroxyl groups is 2. The van der Waals surface area contributed by atoms with Crippen molar-refractivity contribution in [2.45, 2.75) is 360 Å². The molecule has 16 nitrogen and oxygen atoms in total. The van der Waals surface area contributed by atoms with Crippen LogP contribution in [0, 0.1) is 0 Å². The molecule has 0 rings (SSSR count). The van der Waals surface area contributed by atoms with Gasteiger partial charge in [0.15, 0.2) is 6.10 Å². The zero-order valence-electron chi connectivity index (χ0n) is 71.9.